The molecule has 0 saturated heterocycles. The number of hydrogen-bond donors (Lipinski definition) is 1. The lowest BCUT2D eigenvalue weighted by atomic mass is 10.1. The molecule has 0 spiro atoms. The maximum Gasteiger partial charge on any atom is 0.0524 e. The van der Waals surface area contributed by atoms with Gasteiger partial charge < -0.3 is 10.0 Å². The van der Waals surface area contributed by atoms with E-state index in [-0.39, 0.29) is 6.10 Å². The SMILES string of the molecule is CC(C)CN(CCC(C)O)C1CCCC1. The van der Waals surface area contributed by atoms with Gasteiger partial charge in [-0.05, 0) is 32.1 Å². The van der Waals surface area contributed by atoms with Crippen LogP contribution in [-0.2, 0) is 0 Å². The van der Waals surface area contributed by atoms with Crippen molar-refractivity contribution in [3.8, 4) is 0 Å². The average molecular weight is 213 g/mol. The molecule has 15 heavy (non-hydrogen) atoms. The highest BCUT2D eigenvalue weighted by Gasteiger charge is 2.22. The third kappa shape index (κ3) is 4.98. The predicted molar refractivity (Wildman–Crippen MR) is 65.0 cm³/mol. The first-order chi connectivity index (χ1) is 7.09. The largest absolute Gasteiger partial charge is 0.393 e. The number of aliphatic hydroxyl groups is 1. The number of aliphatic hydroxyl groups excluding tert-OH is 1. The molecule has 90 valence electrons. The highest BCUT2D eigenvalue weighted by Crippen LogP contribution is 2.24. The van der Waals surface area contributed by atoms with Crippen LogP contribution >= 0.6 is 0 Å². The summed E-state index contributed by atoms with van der Waals surface area (Å²) >= 11 is 0. The molecule has 1 unspecified atom stereocenters. The van der Waals surface area contributed by atoms with Gasteiger partial charge in [-0.25, -0.2) is 0 Å². The average Bonchev–Trinajstić information content (AvgIpc) is 2.63. The van der Waals surface area contributed by atoms with E-state index in [0.29, 0.717) is 0 Å². The Morgan fingerprint density at radius 3 is 2.27 bits per heavy atom. The second-order valence-corrected chi connectivity index (χ2v) is 5.46. The Hall–Kier alpha value is -0.0800. The summed E-state index contributed by atoms with van der Waals surface area (Å²) in [6.07, 6.45) is 6.30. The van der Waals surface area contributed by atoms with Crippen molar-refractivity contribution in [3.05, 3.63) is 0 Å². The summed E-state index contributed by atoms with van der Waals surface area (Å²) in [7, 11) is 0. The number of nitrogens with zero attached hydrogens (tertiary/aromatic N) is 1. The van der Waals surface area contributed by atoms with Crippen molar-refractivity contribution >= 4 is 0 Å². The first-order valence-corrected chi connectivity index (χ1v) is 6.51. The number of hydrogen-bond acceptors (Lipinski definition) is 2. The molecule has 1 aliphatic carbocycles. The molecular formula is C13H27NO. The van der Waals surface area contributed by atoms with Gasteiger partial charge >= 0.3 is 0 Å². The van der Waals surface area contributed by atoms with Gasteiger partial charge in [0.15, 0.2) is 0 Å². The Morgan fingerprint density at radius 2 is 1.80 bits per heavy atom. The quantitative estimate of drug-likeness (QED) is 0.733. The van der Waals surface area contributed by atoms with Crippen molar-refractivity contribution in [3.63, 3.8) is 0 Å². The van der Waals surface area contributed by atoms with E-state index in [1.54, 1.807) is 0 Å². The summed E-state index contributed by atoms with van der Waals surface area (Å²) in [5.74, 6) is 0.736. The summed E-state index contributed by atoms with van der Waals surface area (Å²) in [6, 6.07) is 0.797. The highest BCUT2D eigenvalue weighted by molar-refractivity contribution is 4.78. The maximum atomic E-state index is 9.35. The third-order valence-corrected chi connectivity index (χ3v) is 3.27. The van der Waals surface area contributed by atoms with Crippen molar-refractivity contribution in [2.45, 2.75) is 65.0 Å². The van der Waals surface area contributed by atoms with Crippen LogP contribution in [0.3, 0.4) is 0 Å². The van der Waals surface area contributed by atoms with E-state index in [9.17, 15) is 5.11 Å². The molecule has 1 rings (SSSR count). The molecule has 1 saturated carbocycles. The molecule has 1 aliphatic rings. The normalized spacial score (nSPS) is 20.4. The molecule has 2 nitrogen and oxygen atoms in total. The molecule has 0 bridgehead atoms. The lowest BCUT2D eigenvalue weighted by Gasteiger charge is -2.30. The lowest BCUT2D eigenvalue weighted by molar-refractivity contribution is 0.125. The van der Waals surface area contributed by atoms with Crippen LogP contribution in [0.1, 0.15) is 52.9 Å². The van der Waals surface area contributed by atoms with Gasteiger partial charge in [0.05, 0.1) is 6.10 Å². The maximum absolute atomic E-state index is 9.35. The standard InChI is InChI=1S/C13H27NO/c1-11(2)10-14(9-8-12(3)15)13-6-4-5-7-13/h11-13,15H,4-10H2,1-3H3. The van der Waals surface area contributed by atoms with Crippen molar-refractivity contribution in [1.82, 2.24) is 4.90 Å². The summed E-state index contributed by atoms with van der Waals surface area (Å²) in [5.41, 5.74) is 0. The van der Waals surface area contributed by atoms with Crippen molar-refractivity contribution in [1.29, 1.82) is 0 Å². The molecule has 0 aromatic rings. The van der Waals surface area contributed by atoms with Crippen LogP contribution < -0.4 is 0 Å². The molecule has 1 atom stereocenters. The zero-order valence-corrected chi connectivity index (χ0v) is 10.6. The van der Waals surface area contributed by atoms with E-state index in [1.807, 2.05) is 6.92 Å². The summed E-state index contributed by atoms with van der Waals surface area (Å²) < 4.78 is 0. The second-order valence-electron chi connectivity index (χ2n) is 5.46. The lowest BCUT2D eigenvalue weighted by Crippen LogP contribution is -2.37. The Balaban J connectivity index is 2.37. The minimum Gasteiger partial charge on any atom is -0.393 e. The fraction of sp³-hybridized carbons (Fsp3) is 1.00. The Kier molecular flexibility index (Phi) is 5.62. The van der Waals surface area contributed by atoms with Crippen LogP contribution in [0, 0.1) is 5.92 Å². The van der Waals surface area contributed by atoms with Gasteiger partial charge in [0.1, 0.15) is 0 Å². The molecule has 0 aromatic carbocycles. The summed E-state index contributed by atoms with van der Waals surface area (Å²) in [5, 5.41) is 9.35. The molecule has 0 radical (unpaired) electrons. The van der Waals surface area contributed by atoms with Gasteiger partial charge in [-0.2, -0.15) is 0 Å². The van der Waals surface area contributed by atoms with Crippen LogP contribution in [0.2, 0.25) is 0 Å². The second kappa shape index (κ2) is 6.49. The molecule has 0 amide bonds. The molecule has 2 heteroatoms. The molecule has 0 aliphatic heterocycles. The van der Waals surface area contributed by atoms with E-state index in [2.05, 4.69) is 18.7 Å². The molecule has 0 heterocycles. The van der Waals surface area contributed by atoms with Crippen LogP contribution in [0.15, 0.2) is 0 Å². The fourth-order valence-electron chi connectivity index (χ4n) is 2.51. The van der Waals surface area contributed by atoms with Gasteiger partial charge in [-0.3, -0.25) is 0 Å². The topological polar surface area (TPSA) is 23.5 Å². The van der Waals surface area contributed by atoms with Crippen molar-refractivity contribution in [2.75, 3.05) is 13.1 Å². The fourth-order valence-corrected chi connectivity index (χ4v) is 2.51. The van der Waals surface area contributed by atoms with E-state index >= 15 is 0 Å². The van der Waals surface area contributed by atoms with Gasteiger partial charge in [0.25, 0.3) is 0 Å². The first-order valence-electron chi connectivity index (χ1n) is 6.51. The van der Waals surface area contributed by atoms with Crippen LogP contribution in [0.25, 0.3) is 0 Å². The minimum atomic E-state index is -0.152. The van der Waals surface area contributed by atoms with E-state index in [1.165, 1.54) is 32.2 Å². The molecule has 0 aromatic heterocycles. The summed E-state index contributed by atoms with van der Waals surface area (Å²) in [4.78, 5) is 2.60. The van der Waals surface area contributed by atoms with Gasteiger partial charge in [-0.1, -0.05) is 26.7 Å². The number of rotatable bonds is 6. The molecular weight excluding hydrogens is 186 g/mol. The van der Waals surface area contributed by atoms with Gasteiger partial charge in [0.2, 0.25) is 0 Å². The van der Waals surface area contributed by atoms with E-state index < -0.39 is 0 Å². The predicted octanol–water partition coefficient (Wildman–Crippen LogP) is 2.66. The molecule has 1 fully saturated rings. The minimum absolute atomic E-state index is 0.152. The van der Waals surface area contributed by atoms with Gasteiger partial charge in [0, 0.05) is 19.1 Å². The monoisotopic (exact) mass is 213 g/mol. The first kappa shape index (κ1) is 13.0. The Bertz CT molecular complexity index is 162. The highest BCUT2D eigenvalue weighted by atomic mass is 16.3. The van der Waals surface area contributed by atoms with Crippen LogP contribution in [-0.4, -0.2) is 35.2 Å². The summed E-state index contributed by atoms with van der Waals surface area (Å²) in [6.45, 7) is 8.72. The zero-order valence-electron chi connectivity index (χ0n) is 10.6. The molecule has 1 N–H and O–H groups in total. The van der Waals surface area contributed by atoms with Crippen LogP contribution in [0.4, 0.5) is 0 Å². The van der Waals surface area contributed by atoms with Crippen LogP contribution in [0.5, 0.6) is 0 Å². The van der Waals surface area contributed by atoms with E-state index in [4.69, 9.17) is 0 Å². The third-order valence-electron chi connectivity index (χ3n) is 3.27. The zero-order chi connectivity index (χ0) is 11.3. The van der Waals surface area contributed by atoms with E-state index in [0.717, 1.165) is 24.9 Å². The Labute approximate surface area is 94.7 Å². The smallest absolute Gasteiger partial charge is 0.0524 e. The van der Waals surface area contributed by atoms with Crippen molar-refractivity contribution in [2.24, 2.45) is 5.92 Å². The van der Waals surface area contributed by atoms with Crippen molar-refractivity contribution < 1.29 is 5.11 Å². The van der Waals surface area contributed by atoms with Gasteiger partial charge in [-0.15, -0.1) is 0 Å². The Morgan fingerprint density at radius 1 is 1.20 bits per heavy atom.